The van der Waals surface area contributed by atoms with Crippen LogP contribution in [0.2, 0.25) is 0 Å². The van der Waals surface area contributed by atoms with E-state index in [-0.39, 0.29) is 23.5 Å². The lowest BCUT2D eigenvalue weighted by Crippen LogP contribution is -2.38. The third kappa shape index (κ3) is 4.35. The van der Waals surface area contributed by atoms with E-state index in [1.807, 2.05) is 43.5 Å². The number of ether oxygens (including phenoxy) is 2. The van der Waals surface area contributed by atoms with Crippen LogP contribution in [0.25, 0.3) is 0 Å². The molecule has 1 heterocycles. The van der Waals surface area contributed by atoms with E-state index in [2.05, 4.69) is 17.4 Å². The van der Waals surface area contributed by atoms with Crippen molar-refractivity contribution in [3.05, 3.63) is 64.9 Å². The zero-order valence-electron chi connectivity index (χ0n) is 18.1. The van der Waals surface area contributed by atoms with E-state index in [0.717, 1.165) is 27.3 Å². The number of hydrogen-bond acceptors (Lipinski definition) is 5. The van der Waals surface area contributed by atoms with E-state index in [1.54, 1.807) is 18.9 Å². The number of ketones is 1. The smallest absolute Gasteiger partial charge is 0.225 e. The predicted octanol–water partition coefficient (Wildman–Crippen LogP) is 4.82. The van der Waals surface area contributed by atoms with Crippen molar-refractivity contribution in [2.75, 3.05) is 20.0 Å². The van der Waals surface area contributed by atoms with Gasteiger partial charge in [-0.3, -0.25) is 9.59 Å². The van der Waals surface area contributed by atoms with E-state index in [0.29, 0.717) is 37.4 Å². The van der Waals surface area contributed by atoms with Crippen molar-refractivity contribution in [2.45, 2.75) is 42.9 Å². The lowest BCUT2D eigenvalue weighted by Gasteiger charge is -2.34. The molecule has 2 aliphatic rings. The third-order valence-electron chi connectivity index (χ3n) is 6.01. The summed E-state index contributed by atoms with van der Waals surface area (Å²) in [4.78, 5) is 26.9. The number of carbonyl (C=O) groups excluding carboxylic acids is 2. The van der Waals surface area contributed by atoms with Gasteiger partial charge >= 0.3 is 0 Å². The molecule has 1 aliphatic carbocycles. The quantitative estimate of drug-likeness (QED) is 0.657. The summed E-state index contributed by atoms with van der Waals surface area (Å²) >= 11 is 1.68. The van der Waals surface area contributed by atoms with Crippen LogP contribution < -0.4 is 14.8 Å². The Morgan fingerprint density at radius 3 is 2.42 bits per heavy atom. The fourth-order valence-electron chi connectivity index (χ4n) is 4.53. The summed E-state index contributed by atoms with van der Waals surface area (Å²) in [7, 11) is 1.61. The lowest BCUT2D eigenvalue weighted by atomic mass is 9.73. The minimum atomic E-state index is -0.178. The van der Waals surface area contributed by atoms with Gasteiger partial charge in [-0.05, 0) is 60.9 Å². The largest absolute Gasteiger partial charge is 0.493 e. The molecule has 0 saturated heterocycles. The number of thioether (sulfide) groups is 1. The highest BCUT2D eigenvalue weighted by Gasteiger charge is 2.38. The molecule has 0 bridgehead atoms. The number of hydrogen-bond donors (Lipinski definition) is 1. The minimum absolute atomic E-state index is 0.00579. The lowest BCUT2D eigenvalue weighted by molar-refractivity contribution is -0.122. The molecule has 162 valence electrons. The van der Waals surface area contributed by atoms with Crippen molar-refractivity contribution >= 4 is 23.5 Å². The number of nitrogens with one attached hydrogen (secondary N) is 1. The SMILES string of the molecule is CCOc1ccc(C2CC(=O)C3=C(C2)NC(=O)CC3c2ccc(SC)cc2)cc1OC. The van der Waals surface area contributed by atoms with Crippen LogP contribution in [0, 0.1) is 0 Å². The molecule has 1 amide bonds. The first-order valence-electron chi connectivity index (χ1n) is 10.5. The molecule has 5 nitrogen and oxygen atoms in total. The van der Waals surface area contributed by atoms with Crippen molar-refractivity contribution in [3.8, 4) is 11.5 Å². The normalized spacial score (nSPS) is 20.9. The van der Waals surface area contributed by atoms with Gasteiger partial charge in [-0.1, -0.05) is 18.2 Å². The molecule has 1 N–H and O–H groups in total. The topological polar surface area (TPSA) is 64.6 Å². The molecule has 0 aromatic heterocycles. The molecule has 6 heteroatoms. The van der Waals surface area contributed by atoms with E-state index in [9.17, 15) is 9.59 Å². The molecular weight excluding hydrogens is 410 g/mol. The van der Waals surface area contributed by atoms with Gasteiger partial charge in [-0.25, -0.2) is 0 Å². The Morgan fingerprint density at radius 2 is 1.74 bits per heavy atom. The number of amides is 1. The van der Waals surface area contributed by atoms with Crippen molar-refractivity contribution in [1.82, 2.24) is 5.32 Å². The van der Waals surface area contributed by atoms with Crippen LogP contribution in [-0.4, -0.2) is 31.7 Å². The van der Waals surface area contributed by atoms with Crippen LogP contribution in [0.3, 0.4) is 0 Å². The fraction of sp³-hybridized carbons (Fsp3) is 0.360. The van der Waals surface area contributed by atoms with Crippen LogP contribution in [0.4, 0.5) is 0 Å². The molecule has 4 rings (SSSR count). The van der Waals surface area contributed by atoms with Crippen molar-refractivity contribution in [1.29, 1.82) is 0 Å². The Labute approximate surface area is 187 Å². The maximum absolute atomic E-state index is 13.3. The number of carbonyl (C=O) groups is 2. The summed E-state index contributed by atoms with van der Waals surface area (Å²) in [6.45, 7) is 2.48. The molecule has 31 heavy (non-hydrogen) atoms. The molecule has 2 aromatic rings. The highest BCUT2D eigenvalue weighted by molar-refractivity contribution is 7.98. The predicted molar refractivity (Wildman–Crippen MR) is 122 cm³/mol. The highest BCUT2D eigenvalue weighted by atomic mass is 32.2. The Hall–Kier alpha value is -2.73. The monoisotopic (exact) mass is 437 g/mol. The van der Waals surface area contributed by atoms with Crippen LogP contribution >= 0.6 is 11.8 Å². The second-order valence-electron chi connectivity index (χ2n) is 7.84. The average molecular weight is 438 g/mol. The molecule has 0 radical (unpaired) electrons. The van der Waals surface area contributed by atoms with Gasteiger partial charge in [-0.15, -0.1) is 11.8 Å². The zero-order chi connectivity index (χ0) is 22.0. The van der Waals surface area contributed by atoms with Crippen LogP contribution in [0.5, 0.6) is 11.5 Å². The first-order chi connectivity index (χ1) is 15.0. The Kier molecular flexibility index (Phi) is 6.37. The minimum Gasteiger partial charge on any atom is -0.493 e. The zero-order valence-corrected chi connectivity index (χ0v) is 18.9. The number of Topliss-reactive ketones (excluding diaryl/α,β-unsaturated/α-hetero) is 1. The summed E-state index contributed by atoms with van der Waals surface area (Å²) in [6.07, 6.45) is 3.39. The summed E-state index contributed by atoms with van der Waals surface area (Å²) in [6, 6.07) is 14.0. The highest BCUT2D eigenvalue weighted by Crippen LogP contribution is 2.44. The van der Waals surface area contributed by atoms with Gasteiger partial charge in [0.1, 0.15) is 0 Å². The number of allylic oxidation sites excluding steroid dienone is 2. The third-order valence-corrected chi connectivity index (χ3v) is 6.76. The summed E-state index contributed by atoms with van der Waals surface area (Å²) in [5, 5.41) is 2.99. The van der Waals surface area contributed by atoms with Crippen LogP contribution in [0.15, 0.2) is 58.6 Å². The van der Waals surface area contributed by atoms with Crippen LogP contribution in [-0.2, 0) is 9.59 Å². The summed E-state index contributed by atoms with van der Waals surface area (Å²) in [5.41, 5.74) is 3.57. The van der Waals surface area contributed by atoms with Crippen molar-refractivity contribution in [2.24, 2.45) is 0 Å². The Balaban J connectivity index is 1.65. The Bertz CT molecular complexity index is 1030. The van der Waals surface area contributed by atoms with Gasteiger partial charge in [0.05, 0.1) is 13.7 Å². The Morgan fingerprint density at radius 1 is 1.00 bits per heavy atom. The van der Waals surface area contributed by atoms with Gasteiger partial charge in [0, 0.05) is 34.9 Å². The number of benzene rings is 2. The number of rotatable bonds is 6. The molecule has 2 aromatic carbocycles. The van der Waals surface area contributed by atoms with Gasteiger partial charge < -0.3 is 14.8 Å². The number of methoxy groups -OCH3 is 1. The van der Waals surface area contributed by atoms with Crippen LogP contribution in [0.1, 0.15) is 49.1 Å². The molecule has 2 atom stereocenters. The average Bonchev–Trinajstić information content (AvgIpc) is 2.78. The second kappa shape index (κ2) is 9.18. The fourth-order valence-corrected chi connectivity index (χ4v) is 4.94. The molecule has 0 saturated carbocycles. The van der Waals surface area contributed by atoms with Crippen molar-refractivity contribution in [3.63, 3.8) is 0 Å². The standard InChI is InChI=1S/C25H27NO4S/c1-4-30-22-10-7-16(13-23(22)29-2)17-11-20-25(21(27)12-17)19(14-24(28)26-20)15-5-8-18(31-3)9-6-15/h5-10,13,17,19H,4,11-12,14H2,1-3H3,(H,26,28). The molecule has 1 aliphatic heterocycles. The summed E-state index contributed by atoms with van der Waals surface area (Å²) < 4.78 is 11.1. The van der Waals surface area contributed by atoms with E-state index in [1.165, 1.54) is 0 Å². The van der Waals surface area contributed by atoms with Gasteiger partial charge in [0.2, 0.25) is 5.91 Å². The molecule has 0 spiro atoms. The first kappa shape index (κ1) is 21.5. The van der Waals surface area contributed by atoms with Crippen molar-refractivity contribution < 1.29 is 19.1 Å². The molecule has 0 fully saturated rings. The maximum atomic E-state index is 13.3. The maximum Gasteiger partial charge on any atom is 0.225 e. The molecular formula is C25H27NO4S. The van der Waals surface area contributed by atoms with E-state index >= 15 is 0 Å². The van der Waals surface area contributed by atoms with Gasteiger partial charge in [0.25, 0.3) is 0 Å². The van der Waals surface area contributed by atoms with Gasteiger partial charge in [-0.2, -0.15) is 0 Å². The summed E-state index contributed by atoms with van der Waals surface area (Å²) in [5.74, 6) is 1.24. The second-order valence-corrected chi connectivity index (χ2v) is 8.72. The first-order valence-corrected chi connectivity index (χ1v) is 11.8. The molecule has 2 unspecified atom stereocenters. The van der Waals surface area contributed by atoms with Gasteiger partial charge in [0.15, 0.2) is 17.3 Å². The van der Waals surface area contributed by atoms with E-state index < -0.39 is 0 Å². The van der Waals surface area contributed by atoms with E-state index in [4.69, 9.17) is 9.47 Å².